The van der Waals surface area contributed by atoms with E-state index in [0.717, 1.165) is 28.6 Å². The third-order valence-corrected chi connectivity index (χ3v) is 5.67. The molecule has 1 atom stereocenters. The summed E-state index contributed by atoms with van der Waals surface area (Å²) in [5.74, 6) is -1.33. The molecule has 3 rings (SSSR count). The molecular formula is C25H25ClN4O5. The number of nitrogens with zero attached hydrogens (tertiary/aromatic N) is 3. The predicted molar refractivity (Wildman–Crippen MR) is 133 cm³/mol. The summed E-state index contributed by atoms with van der Waals surface area (Å²) >= 11 is 5.99. The predicted octanol–water partition coefficient (Wildman–Crippen LogP) is 5.00. The van der Waals surface area contributed by atoms with Crippen molar-refractivity contribution in [2.45, 2.75) is 40.3 Å². The number of hydrogen-bond acceptors (Lipinski definition) is 6. The first-order valence-corrected chi connectivity index (χ1v) is 11.2. The molecule has 1 aromatic heterocycles. The number of ether oxygens (including phenoxy) is 1. The molecule has 2 aromatic carbocycles. The molecule has 0 bridgehead atoms. The first kappa shape index (κ1) is 25.6. The number of non-ortho nitro benzene ring substituents is 1. The van der Waals surface area contributed by atoms with Gasteiger partial charge in [-0.25, -0.2) is 4.79 Å². The lowest BCUT2D eigenvalue weighted by Crippen LogP contribution is -2.29. The molecule has 1 heterocycles. The molecule has 35 heavy (non-hydrogen) atoms. The van der Waals surface area contributed by atoms with E-state index < -0.39 is 22.9 Å². The van der Waals surface area contributed by atoms with Gasteiger partial charge in [-0.1, -0.05) is 41.4 Å². The maximum Gasteiger partial charge on any atom is 0.331 e. The van der Waals surface area contributed by atoms with Gasteiger partial charge in [0.05, 0.1) is 27.9 Å². The SMILES string of the molecule is Cc1ccc(Cn2nc(C)c(/C=C/C(=O)OC(C)C(=O)Nc3ccc([N+](=O)[O-])cc3Cl)c2C)cc1. The molecule has 0 saturated heterocycles. The van der Waals surface area contributed by atoms with E-state index in [9.17, 15) is 19.7 Å². The average molecular weight is 497 g/mol. The van der Waals surface area contributed by atoms with Crippen LogP contribution in [-0.4, -0.2) is 32.7 Å². The fourth-order valence-corrected chi connectivity index (χ4v) is 3.57. The Kier molecular flexibility index (Phi) is 8.03. The molecule has 0 aliphatic heterocycles. The van der Waals surface area contributed by atoms with Gasteiger partial charge < -0.3 is 10.1 Å². The Morgan fingerprint density at radius 1 is 1.20 bits per heavy atom. The first-order valence-electron chi connectivity index (χ1n) is 10.8. The van der Waals surface area contributed by atoms with Crippen LogP contribution in [0.25, 0.3) is 6.08 Å². The number of aryl methyl sites for hydroxylation is 2. The molecule has 1 unspecified atom stereocenters. The largest absolute Gasteiger partial charge is 0.449 e. The van der Waals surface area contributed by atoms with Crippen molar-refractivity contribution in [1.29, 1.82) is 0 Å². The number of anilines is 1. The highest BCUT2D eigenvalue weighted by atomic mass is 35.5. The van der Waals surface area contributed by atoms with Crippen LogP contribution in [0.4, 0.5) is 11.4 Å². The molecule has 0 fully saturated rings. The van der Waals surface area contributed by atoms with Gasteiger partial charge in [0.25, 0.3) is 11.6 Å². The van der Waals surface area contributed by atoms with Gasteiger partial charge in [0, 0.05) is 29.5 Å². The van der Waals surface area contributed by atoms with E-state index in [1.165, 1.54) is 30.7 Å². The summed E-state index contributed by atoms with van der Waals surface area (Å²) in [4.78, 5) is 34.9. The van der Waals surface area contributed by atoms with Crippen molar-refractivity contribution in [1.82, 2.24) is 9.78 Å². The van der Waals surface area contributed by atoms with Gasteiger partial charge in [0.1, 0.15) is 0 Å². The van der Waals surface area contributed by atoms with E-state index >= 15 is 0 Å². The molecule has 1 N–H and O–H groups in total. The first-order chi connectivity index (χ1) is 16.5. The summed E-state index contributed by atoms with van der Waals surface area (Å²) in [5, 5.41) is 17.9. The van der Waals surface area contributed by atoms with Gasteiger partial charge in [-0.2, -0.15) is 5.10 Å². The van der Waals surface area contributed by atoms with Gasteiger partial charge in [-0.3, -0.25) is 19.6 Å². The van der Waals surface area contributed by atoms with Crippen LogP contribution in [0, 0.1) is 30.9 Å². The Labute approximate surface area is 207 Å². The topological polar surface area (TPSA) is 116 Å². The van der Waals surface area contributed by atoms with E-state index in [-0.39, 0.29) is 16.4 Å². The molecular weight excluding hydrogens is 472 g/mol. The van der Waals surface area contributed by atoms with Crippen molar-refractivity contribution >= 4 is 40.9 Å². The third-order valence-electron chi connectivity index (χ3n) is 5.36. The van der Waals surface area contributed by atoms with Crippen LogP contribution >= 0.6 is 11.6 Å². The Hall–Kier alpha value is -3.98. The fourth-order valence-electron chi connectivity index (χ4n) is 3.34. The van der Waals surface area contributed by atoms with E-state index in [0.29, 0.717) is 6.54 Å². The minimum Gasteiger partial charge on any atom is -0.449 e. The lowest BCUT2D eigenvalue weighted by molar-refractivity contribution is -0.384. The zero-order chi connectivity index (χ0) is 25.7. The minimum atomic E-state index is -1.12. The van der Waals surface area contributed by atoms with E-state index in [2.05, 4.69) is 22.5 Å². The van der Waals surface area contributed by atoms with E-state index in [1.54, 1.807) is 6.08 Å². The molecule has 0 radical (unpaired) electrons. The molecule has 0 aliphatic rings. The van der Waals surface area contributed by atoms with Crippen LogP contribution in [0.2, 0.25) is 5.02 Å². The molecule has 182 valence electrons. The summed E-state index contributed by atoms with van der Waals surface area (Å²) in [7, 11) is 0. The number of carbonyl (C=O) groups excluding carboxylic acids is 2. The highest BCUT2D eigenvalue weighted by Gasteiger charge is 2.19. The van der Waals surface area contributed by atoms with Gasteiger partial charge in [-0.15, -0.1) is 0 Å². The number of carbonyl (C=O) groups is 2. The van der Waals surface area contributed by atoms with Crippen LogP contribution in [0.1, 0.15) is 35.0 Å². The van der Waals surface area contributed by atoms with Crippen LogP contribution < -0.4 is 5.32 Å². The van der Waals surface area contributed by atoms with Crippen molar-refractivity contribution in [3.63, 3.8) is 0 Å². The second-order valence-corrected chi connectivity index (χ2v) is 8.46. The van der Waals surface area contributed by atoms with Crippen molar-refractivity contribution < 1.29 is 19.2 Å². The number of nitro groups is 1. The number of nitro benzene ring substituents is 1. The highest BCUT2D eigenvalue weighted by Crippen LogP contribution is 2.27. The van der Waals surface area contributed by atoms with Gasteiger partial charge >= 0.3 is 5.97 Å². The van der Waals surface area contributed by atoms with Gasteiger partial charge in [0.15, 0.2) is 6.10 Å². The number of nitrogens with one attached hydrogen (secondary N) is 1. The minimum absolute atomic E-state index is 0.000396. The monoisotopic (exact) mass is 496 g/mol. The molecule has 1 amide bonds. The lowest BCUT2D eigenvalue weighted by Gasteiger charge is -2.13. The van der Waals surface area contributed by atoms with Gasteiger partial charge in [0.2, 0.25) is 0 Å². The van der Waals surface area contributed by atoms with E-state index in [1.807, 2.05) is 37.6 Å². The van der Waals surface area contributed by atoms with Crippen molar-refractivity contribution in [2.75, 3.05) is 5.32 Å². The van der Waals surface area contributed by atoms with E-state index in [4.69, 9.17) is 16.3 Å². The zero-order valence-corrected chi connectivity index (χ0v) is 20.5. The highest BCUT2D eigenvalue weighted by molar-refractivity contribution is 6.34. The number of rotatable bonds is 8. The summed E-state index contributed by atoms with van der Waals surface area (Å²) in [6.07, 6.45) is 1.74. The van der Waals surface area contributed by atoms with Crippen LogP contribution in [-0.2, 0) is 20.9 Å². The number of amides is 1. The number of hydrogen-bond donors (Lipinski definition) is 1. The molecule has 0 aliphatic carbocycles. The molecule has 0 spiro atoms. The quantitative estimate of drug-likeness (QED) is 0.203. The average Bonchev–Trinajstić information content (AvgIpc) is 3.07. The Balaban J connectivity index is 1.61. The Morgan fingerprint density at radius 3 is 2.51 bits per heavy atom. The lowest BCUT2D eigenvalue weighted by atomic mass is 10.1. The maximum absolute atomic E-state index is 12.4. The zero-order valence-electron chi connectivity index (χ0n) is 19.7. The third kappa shape index (κ3) is 6.54. The Bertz CT molecular complexity index is 1300. The van der Waals surface area contributed by atoms with Gasteiger partial charge in [-0.05, 0) is 45.4 Å². The van der Waals surface area contributed by atoms with Crippen LogP contribution in [0.3, 0.4) is 0 Å². The van der Waals surface area contributed by atoms with Crippen LogP contribution in [0.15, 0.2) is 48.5 Å². The molecule has 10 heteroatoms. The normalized spacial score (nSPS) is 11.9. The molecule has 0 saturated carbocycles. The van der Waals surface area contributed by atoms with Crippen molar-refractivity contribution in [3.8, 4) is 0 Å². The standard InChI is InChI=1S/C25H25ClN4O5/c1-15-5-7-19(8-6-15)14-29-17(3)21(16(2)28-29)10-12-24(31)35-18(4)25(32)27-23-11-9-20(30(33)34)13-22(23)26/h5-13,18H,14H2,1-4H3,(H,27,32)/b12-10+. The smallest absolute Gasteiger partial charge is 0.331 e. The summed E-state index contributed by atoms with van der Waals surface area (Å²) < 4.78 is 7.06. The number of esters is 1. The molecule has 9 nitrogen and oxygen atoms in total. The maximum atomic E-state index is 12.4. The second kappa shape index (κ2) is 11.0. The second-order valence-electron chi connectivity index (χ2n) is 8.05. The van der Waals surface area contributed by atoms with Crippen molar-refractivity contribution in [2.24, 2.45) is 0 Å². The summed E-state index contributed by atoms with van der Waals surface area (Å²) in [6, 6.07) is 11.8. The van der Waals surface area contributed by atoms with Crippen molar-refractivity contribution in [3.05, 3.63) is 91.8 Å². The summed E-state index contributed by atoms with van der Waals surface area (Å²) in [5.41, 5.74) is 4.72. The number of benzene rings is 2. The number of aromatic nitrogens is 2. The number of halogens is 1. The Morgan fingerprint density at radius 2 is 1.89 bits per heavy atom. The summed E-state index contributed by atoms with van der Waals surface area (Å²) in [6.45, 7) is 7.82. The fraction of sp³-hybridized carbons (Fsp3) is 0.240. The van der Waals surface area contributed by atoms with Crippen LogP contribution in [0.5, 0.6) is 0 Å². The molecule has 3 aromatic rings.